The molecule has 4 aromatic rings. The Hall–Kier alpha value is -3.85. The highest BCUT2D eigenvalue weighted by Gasteiger charge is 2.14. The average molecular weight is 417 g/mol. The van der Waals surface area contributed by atoms with E-state index >= 15 is 0 Å². The van der Waals surface area contributed by atoms with E-state index in [1.807, 2.05) is 66.7 Å². The highest BCUT2D eigenvalue weighted by atomic mass is 32.2. The third-order valence-corrected chi connectivity index (χ3v) is 4.97. The Kier molecular flexibility index (Phi) is 5.62. The van der Waals surface area contributed by atoms with Gasteiger partial charge in [-0.3, -0.25) is 4.79 Å². The molecule has 0 bridgehead atoms. The van der Waals surface area contributed by atoms with Crippen molar-refractivity contribution in [2.24, 2.45) is 0 Å². The van der Waals surface area contributed by atoms with Gasteiger partial charge in [-0.1, -0.05) is 60.3 Å². The van der Waals surface area contributed by atoms with Crippen LogP contribution in [0.5, 0.6) is 0 Å². The van der Waals surface area contributed by atoms with Crippen LogP contribution in [0.4, 0.5) is 17.5 Å². The molecule has 0 saturated heterocycles. The molecular formula is C21H19N7OS. The molecule has 5 N–H and O–H groups in total. The van der Waals surface area contributed by atoms with Crippen LogP contribution in [0.3, 0.4) is 0 Å². The molecule has 1 amide bonds. The Morgan fingerprint density at radius 1 is 0.933 bits per heavy atom. The largest absolute Gasteiger partial charge is 0.383 e. The molecule has 0 unspecified atom stereocenters. The summed E-state index contributed by atoms with van der Waals surface area (Å²) in [5, 5.41) is 7.96. The first-order valence-electron chi connectivity index (χ1n) is 9.12. The standard InChI is InChI=1S/C21H19N7OS/c22-17-12-18(23)25-21(24-17)30-13-20(29)26-19-11-16(14-7-3-1-4-8-14)27-28(19)15-9-5-2-6-10-15/h1-12H,13H2,(H,26,29)(H4,22,23,24,25). The van der Waals surface area contributed by atoms with Gasteiger partial charge in [-0.05, 0) is 12.1 Å². The number of nitrogens with zero attached hydrogens (tertiary/aromatic N) is 4. The van der Waals surface area contributed by atoms with Crippen LogP contribution in [-0.4, -0.2) is 31.4 Å². The van der Waals surface area contributed by atoms with Crippen LogP contribution in [0.25, 0.3) is 16.9 Å². The van der Waals surface area contributed by atoms with Crippen LogP contribution in [-0.2, 0) is 4.79 Å². The van der Waals surface area contributed by atoms with Crippen molar-refractivity contribution >= 4 is 35.1 Å². The lowest BCUT2D eigenvalue weighted by molar-refractivity contribution is -0.113. The van der Waals surface area contributed by atoms with Gasteiger partial charge in [-0.25, -0.2) is 14.6 Å². The molecule has 0 aliphatic heterocycles. The quantitative estimate of drug-likeness (QED) is 0.325. The number of nitrogens with two attached hydrogens (primary N) is 2. The minimum absolute atomic E-state index is 0.101. The number of rotatable bonds is 6. The van der Waals surface area contributed by atoms with E-state index in [2.05, 4.69) is 20.4 Å². The Morgan fingerprint density at radius 2 is 1.57 bits per heavy atom. The van der Waals surface area contributed by atoms with Gasteiger partial charge in [0, 0.05) is 17.7 Å². The smallest absolute Gasteiger partial charge is 0.236 e. The summed E-state index contributed by atoms with van der Waals surface area (Å²) < 4.78 is 1.71. The zero-order valence-electron chi connectivity index (χ0n) is 15.9. The maximum atomic E-state index is 12.6. The zero-order chi connectivity index (χ0) is 20.9. The second-order valence-corrected chi connectivity index (χ2v) is 7.31. The van der Waals surface area contributed by atoms with Crippen molar-refractivity contribution in [3.63, 3.8) is 0 Å². The summed E-state index contributed by atoms with van der Waals surface area (Å²) >= 11 is 1.16. The first-order chi connectivity index (χ1) is 14.6. The number of carbonyl (C=O) groups excluding carboxylic acids is 1. The Balaban J connectivity index is 1.56. The minimum Gasteiger partial charge on any atom is -0.383 e. The number of amides is 1. The monoisotopic (exact) mass is 417 g/mol. The lowest BCUT2D eigenvalue weighted by atomic mass is 10.2. The summed E-state index contributed by atoms with van der Waals surface area (Å²) in [6.45, 7) is 0. The predicted molar refractivity (Wildman–Crippen MR) is 119 cm³/mol. The molecular weight excluding hydrogens is 398 g/mol. The molecule has 2 aromatic carbocycles. The number of nitrogen functional groups attached to an aromatic ring is 2. The Bertz CT molecular complexity index is 1140. The topological polar surface area (TPSA) is 125 Å². The molecule has 2 heterocycles. The van der Waals surface area contributed by atoms with E-state index in [0.717, 1.165) is 28.7 Å². The van der Waals surface area contributed by atoms with Crippen molar-refractivity contribution in [3.8, 4) is 16.9 Å². The van der Waals surface area contributed by atoms with E-state index < -0.39 is 0 Å². The van der Waals surface area contributed by atoms with E-state index in [-0.39, 0.29) is 23.3 Å². The lowest BCUT2D eigenvalue weighted by Crippen LogP contribution is -2.17. The lowest BCUT2D eigenvalue weighted by Gasteiger charge is -2.08. The SMILES string of the molecule is Nc1cc(N)nc(SCC(=O)Nc2cc(-c3ccccc3)nn2-c2ccccc2)n1. The highest BCUT2D eigenvalue weighted by Crippen LogP contribution is 2.25. The highest BCUT2D eigenvalue weighted by molar-refractivity contribution is 7.99. The molecule has 0 aliphatic carbocycles. The van der Waals surface area contributed by atoms with Crippen molar-refractivity contribution in [2.75, 3.05) is 22.5 Å². The minimum atomic E-state index is -0.221. The fraction of sp³-hybridized carbons (Fsp3) is 0.0476. The molecule has 30 heavy (non-hydrogen) atoms. The molecule has 0 spiro atoms. The second kappa shape index (κ2) is 8.66. The van der Waals surface area contributed by atoms with Gasteiger partial charge < -0.3 is 16.8 Å². The van der Waals surface area contributed by atoms with Crippen LogP contribution >= 0.6 is 11.8 Å². The number of anilines is 3. The normalized spacial score (nSPS) is 10.7. The van der Waals surface area contributed by atoms with Crippen molar-refractivity contribution in [3.05, 3.63) is 72.8 Å². The number of hydrogen-bond acceptors (Lipinski definition) is 7. The van der Waals surface area contributed by atoms with E-state index in [4.69, 9.17) is 11.5 Å². The molecule has 9 heteroatoms. The van der Waals surface area contributed by atoms with Crippen molar-refractivity contribution in [1.29, 1.82) is 0 Å². The average Bonchev–Trinajstić information content (AvgIpc) is 3.17. The van der Waals surface area contributed by atoms with Gasteiger partial charge in [0.05, 0.1) is 17.1 Å². The number of para-hydroxylation sites is 1. The summed E-state index contributed by atoms with van der Waals surface area (Å²) in [7, 11) is 0. The van der Waals surface area contributed by atoms with Gasteiger partial charge in [-0.15, -0.1) is 0 Å². The van der Waals surface area contributed by atoms with Gasteiger partial charge in [0.15, 0.2) is 5.16 Å². The summed E-state index contributed by atoms with van der Waals surface area (Å²) in [5.41, 5.74) is 13.9. The number of nitrogens with one attached hydrogen (secondary N) is 1. The van der Waals surface area contributed by atoms with Gasteiger partial charge in [0.25, 0.3) is 0 Å². The summed E-state index contributed by atoms with van der Waals surface area (Å²) in [5.74, 6) is 0.976. The summed E-state index contributed by atoms with van der Waals surface area (Å²) in [6, 6.07) is 22.7. The fourth-order valence-corrected chi connectivity index (χ4v) is 3.49. The van der Waals surface area contributed by atoms with Gasteiger partial charge in [-0.2, -0.15) is 5.10 Å². The van der Waals surface area contributed by atoms with Gasteiger partial charge in [0.1, 0.15) is 17.5 Å². The van der Waals surface area contributed by atoms with E-state index in [1.165, 1.54) is 6.07 Å². The van der Waals surface area contributed by atoms with Crippen LogP contribution < -0.4 is 16.8 Å². The molecule has 4 rings (SSSR count). The van der Waals surface area contributed by atoms with Crippen LogP contribution in [0.15, 0.2) is 78.0 Å². The number of carbonyl (C=O) groups is 1. The molecule has 0 fully saturated rings. The molecule has 8 nitrogen and oxygen atoms in total. The molecule has 2 aromatic heterocycles. The third-order valence-electron chi connectivity index (χ3n) is 4.12. The zero-order valence-corrected chi connectivity index (χ0v) is 16.7. The van der Waals surface area contributed by atoms with Crippen LogP contribution in [0.2, 0.25) is 0 Å². The fourth-order valence-electron chi connectivity index (χ4n) is 2.82. The molecule has 0 aliphatic rings. The molecule has 0 saturated carbocycles. The van der Waals surface area contributed by atoms with E-state index in [1.54, 1.807) is 4.68 Å². The van der Waals surface area contributed by atoms with Gasteiger partial charge >= 0.3 is 0 Å². The van der Waals surface area contributed by atoms with Gasteiger partial charge in [0.2, 0.25) is 5.91 Å². The van der Waals surface area contributed by atoms with Crippen LogP contribution in [0.1, 0.15) is 0 Å². The van der Waals surface area contributed by atoms with Crippen molar-refractivity contribution in [1.82, 2.24) is 19.7 Å². The maximum absolute atomic E-state index is 12.6. The maximum Gasteiger partial charge on any atom is 0.236 e. The molecule has 0 radical (unpaired) electrons. The number of aromatic nitrogens is 4. The first kappa shape index (κ1) is 19.5. The van der Waals surface area contributed by atoms with E-state index in [9.17, 15) is 4.79 Å². The summed E-state index contributed by atoms with van der Waals surface area (Å²) in [6.07, 6.45) is 0. The predicted octanol–water partition coefficient (Wildman–Crippen LogP) is 3.22. The third kappa shape index (κ3) is 4.58. The van der Waals surface area contributed by atoms with Crippen molar-refractivity contribution < 1.29 is 4.79 Å². The van der Waals surface area contributed by atoms with E-state index in [0.29, 0.717) is 11.0 Å². The van der Waals surface area contributed by atoms with Crippen molar-refractivity contribution in [2.45, 2.75) is 5.16 Å². The number of benzene rings is 2. The number of thioether (sulfide) groups is 1. The molecule has 150 valence electrons. The first-order valence-corrected chi connectivity index (χ1v) is 10.1. The summed E-state index contributed by atoms with van der Waals surface area (Å²) in [4.78, 5) is 20.7. The Labute approximate surface area is 177 Å². The molecule has 0 atom stereocenters. The number of hydrogen-bond donors (Lipinski definition) is 3. The van der Waals surface area contributed by atoms with Crippen LogP contribution in [0, 0.1) is 0 Å². The second-order valence-electron chi connectivity index (χ2n) is 6.37. The Morgan fingerprint density at radius 3 is 2.23 bits per heavy atom.